The van der Waals surface area contributed by atoms with E-state index >= 15 is 0 Å². The molecule has 0 bridgehead atoms. The van der Waals surface area contributed by atoms with Crippen molar-refractivity contribution in [2.75, 3.05) is 12.3 Å². The summed E-state index contributed by atoms with van der Waals surface area (Å²) in [6, 6.07) is 0.717. The maximum absolute atomic E-state index is 4.43. The molecule has 1 aliphatic rings. The summed E-state index contributed by atoms with van der Waals surface area (Å²) in [7, 11) is 0. The molecule has 0 aromatic carbocycles. The van der Waals surface area contributed by atoms with Crippen LogP contribution in [0.15, 0.2) is 9.72 Å². The predicted molar refractivity (Wildman–Crippen MR) is 58.6 cm³/mol. The highest BCUT2D eigenvalue weighted by Crippen LogP contribution is 2.24. The number of hydrogen-bond acceptors (Lipinski definition) is 4. The molecule has 0 saturated carbocycles. The van der Waals surface area contributed by atoms with Gasteiger partial charge in [0.15, 0.2) is 0 Å². The van der Waals surface area contributed by atoms with E-state index < -0.39 is 0 Å². The van der Waals surface area contributed by atoms with Gasteiger partial charge in [-0.1, -0.05) is 11.8 Å². The Hall–Kier alpha value is -0.0600. The number of thioether (sulfide) groups is 1. The minimum absolute atomic E-state index is 0.717. The van der Waals surface area contributed by atoms with Crippen LogP contribution in [0.3, 0.4) is 0 Å². The Bertz CT molecular complexity index is 266. The first-order chi connectivity index (χ1) is 6.34. The van der Waals surface area contributed by atoms with Gasteiger partial charge in [-0.25, -0.2) is 4.98 Å². The first-order valence-electron chi connectivity index (χ1n) is 4.63. The van der Waals surface area contributed by atoms with Crippen molar-refractivity contribution < 1.29 is 0 Å². The first kappa shape index (κ1) is 9.49. The van der Waals surface area contributed by atoms with Crippen molar-refractivity contribution in [3.8, 4) is 0 Å². The number of rotatable bonds is 3. The summed E-state index contributed by atoms with van der Waals surface area (Å²) >= 11 is 3.64. The highest BCUT2D eigenvalue weighted by molar-refractivity contribution is 8.01. The molecule has 0 radical (unpaired) electrons. The van der Waals surface area contributed by atoms with E-state index in [1.54, 1.807) is 11.3 Å². The zero-order valence-electron chi connectivity index (χ0n) is 7.75. The second-order valence-electron chi connectivity index (χ2n) is 3.36. The Morgan fingerprint density at radius 1 is 1.77 bits per heavy atom. The summed E-state index contributed by atoms with van der Waals surface area (Å²) in [5, 5.41) is 5.61. The summed E-state index contributed by atoms with van der Waals surface area (Å²) in [5.74, 6) is 1.17. The zero-order chi connectivity index (χ0) is 9.10. The summed E-state index contributed by atoms with van der Waals surface area (Å²) < 4.78 is 1.21. The van der Waals surface area contributed by atoms with E-state index in [1.165, 1.54) is 29.5 Å². The van der Waals surface area contributed by atoms with E-state index in [-0.39, 0.29) is 0 Å². The Balaban J connectivity index is 1.78. The molecule has 0 spiro atoms. The number of thiazole rings is 1. The van der Waals surface area contributed by atoms with E-state index in [2.05, 4.69) is 15.7 Å². The quantitative estimate of drug-likeness (QED) is 0.782. The van der Waals surface area contributed by atoms with Gasteiger partial charge in [-0.15, -0.1) is 11.3 Å². The van der Waals surface area contributed by atoms with Crippen molar-refractivity contribution in [1.82, 2.24) is 10.3 Å². The topological polar surface area (TPSA) is 24.9 Å². The zero-order valence-corrected chi connectivity index (χ0v) is 9.38. The Labute approximate surface area is 87.1 Å². The third-order valence-electron chi connectivity index (χ3n) is 2.17. The standard InChI is InChI=1S/C9H14N2S2/c1-7-5-12-9(11-7)13-6-8-3-2-4-10-8/h5,8,10H,2-4,6H2,1H3. The summed E-state index contributed by atoms with van der Waals surface area (Å²) in [5.41, 5.74) is 1.15. The maximum atomic E-state index is 4.43. The average molecular weight is 214 g/mol. The van der Waals surface area contributed by atoms with Crippen LogP contribution in [0, 0.1) is 6.92 Å². The highest BCUT2D eigenvalue weighted by Gasteiger charge is 2.14. The van der Waals surface area contributed by atoms with Gasteiger partial charge in [0.25, 0.3) is 0 Å². The van der Waals surface area contributed by atoms with Crippen LogP contribution in [0.2, 0.25) is 0 Å². The minimum atomic E-state index is 0.717. The molecule has 1 unspecified atom stereocenters. The molecule has 1 atom stereocenters. The third kappa shape index (κ3) is 2.69. The molecular formula is C9H14N2S2. The monoisotopic (exact) mass is 214 g/mol. The molecule has 2 heterocycles. The highest BCUT2D eigenvalue weighted by atomic mass is 32.2. The number of nitrogens with one attached hydrogen (secondary N) is 1. The van der Waals surface area contributed by atoms with E-state index in [4.69, 9.17) is 0 Å². The molecule has 1 aromatic heterocycles. The predicted octanol–water partition coefficient (Wildman–Crippen LogP) is 2.30. The van der Waals surface area contributed by atoms with E-state index in [1.807, 2.05) is 18.7 Å². The fraction of sp³-hybridized carbons (Fsp3) is 0.667. The number of aromatic nitrogens is 1. The van der Waals surface area contributed by atoms with Crippen molar-refractivity contribution in [3.63, 3.8) is 0 Å². The molecular weight excluding hydrogens is 200 g/mol. The van der Waals surface area contributed by atoms with Crippen LogP contribution < -0.4 is 5.32 Å². The van der Waals surface area contributed by atoms with Gasteiger partial charge >= 0.3 is 0 Å². The van der Waals surface area contributed by atoms with Crippen LogP contribution in [-0.4, -0.2) is 23.3 Å². The Morgan fingerprint density at radius 2 is 2.69 bits per heavy atom. The number of nitrogens with zero attached hydrogens (tertiary/aromatic N) is 1. The Morgan fingerprint density at radius 3 is 3.31 bits per heavy atom. The van der Waals surface area contributed by atoms with Gasteiger partial charge in [0, 0.05) is 22.9 Å². The lowest BCUT2D eigenvalue weighted by Crippen LogP contribution is -2.23. The minimum Gasteiger partial charge on any atom is -0.313 e. The van der Waals surface area contributed by atoms with Crippen LogP contribution in [0.1, 0.15) is 18.5 Å². The second kappa shape index (κ2) is 4.44. The number of hydrogen-bond donors (Lipinski definition) is 1. The fourth-order valence-corrected chi connectivity index (χ4v) is 3.45. The van der Waals surface area contributed by atoms with Crippen molar-refractivity contribution >= 4 is 23.1 Å². The summed E-state index contributed by atoms with van der Waals surface area (Å²) in [6.07, 6.45) is 2.67. The largest absolute Gasteiger partial charge is 0.313 e. The molecule has 2 nitrogen and oxygen atoms in total. The van der Waals surface area contributed by atoms with Gasteiger partial charge in [-0.2, -0.15) is 0 Å². The molecule has 0 amide bonds. The first-order valence-corrected chi connectivity index (χ1v) is 6.49. The SMILES string of the molecule is Cc1csc(SCC2CCCN2)n1. The molecule has 13 heavy (non-hydrogen) atoms. The van der Waals surface area contributed by atoms with Gasteiger partial charge in [0.2, 0.25) is 0 Å². The molecule has 1 aliphatic heterocycles. The van der Waals surface area contributed by atoms with Crippen LogP contribution in [-0.2, 0) is 0 Å². The second-order valence-corrected chi connectivity index (χ2v) is 5.48. The van der Waals surface area contributed by atoms with Crippen molar-refractivity contribution in [2.24, 2.45) is 0 Å². The normalized spacial score (nSPS) is 22.4. The fourth-order valence-electron chi connectivity index (χ4n) is 1.47. The van der Waals surface area contributed by atoms with Crippen LogP contribution in [0.4, 0.5) is 0 Å². The lowest BCUT2D eigenvalue weighted by atomic mass is 10.3. The Kier molecular flexibility index (Phi) is 3.24. The van der Waals surface area contributed by atoms with E-state index in [0.29, 0.717) is 6.04 Å². The smallest absolute Gasteiger partial charge is 0.150 e. The van der Waals surface area contributed by atoms with Crippen LogP contribution in [0.5, 0.6) is 0 Å². The van der Waals surface area contributed by atoms with Gasteiger partial charge < -0.3 is 5.32 Å². The third-order valence-corrected chi connectivity index (χ3v) is 4.47. The average Bonchev–Trinajstić information content (AvgIpc) is 2.71. The lowest BCUT2D eigenvalue weighted by molar-refractivity contribution is 0.674. The van der Waals surface area contributed by atoms with Crippen LogP contribution >= 0.6 is 23.1 Å². The van der Waals surface area contributed by atoms with Crippen molar-refractivity contribution in [3.05, 3.63) is 11.1 Å². The maximum Gasteiger partial charge on any atom is 0.150 e. The molecule has 1 fully saturated rings. The number of aryl methyl sites for hydroxylation is 1. The molecule has 1 N–H and O–H groups in total. The van der Waals surface area contributed by atoms with Crippen LogP contribution in [0.25, 0.3) is 0 Å². The molecule has 4 heteroatoms. The van der Waals surface area contributed by atoms with E-state index in [0.717, 1.165) is 5.69 Å². The molecule has 1 saturated heterocycles. The van der Waals surface area contributed by atoms with Gasteiger partial charge in [0.05, 0.1) is 0 Å². The summed E-state index contributed by atoms with van der Waals surface area (Å²) in [6.45, 7) is 3.25. The lowest BCUT2D eigenvalue weighted by Gasteiger charge is -2.06. The molecule has 72 valence electrons. The van der Waals surface area contributed by atoms with Gasteiger partial charge in [-0.05, 0) is 26.3 Å². The molecule has 0 aliphatic carbocycles. The van der Waals surface area contributed by atoms with Crippen molar-refractivity contribution in [2.45, 2.75) is 30.1 Å². The van der Waals surface area contributed by atoms with Gasteiger partial charge in [-0.3, -0.25) is 0 Å². The summed E-state index contributed by atoms with van der Waals surface area (Å²) in [4.78, 5) is 4.43. The van der Waals surface area contributed by atoms with Crippen molar-refractivity contribution in [1.29, 1.82) is 0 Å². The van der Waals surface area contributed by atoms with Gasteiger partial charge in [0.1, 0.15) is 4.34 Å². The molecule has 2 rings (SSSR count). The molecule has 1 aromatic rings. The van der Waals surface area contributed by atoms with E-state index in [9.17, 15) is 0 Å².